The fraction of sp³-hybridized carbons (Fsp3) is 0.250. The second-order valence-corrected chi connectivity index (χ2v) is 39.1. The molecular weight excluding hydrogens is 821 g/mol. The molecule has 4 aromatic rings. The van der Waals surface area contributed by atoms with Crippen LogP contribution < -0.4 is 0 Å². The molecule has 0 saturated carbocycles. The van der Waals surface area contributed by atoms with E-state index in [0.29, 0.717) is 0 Å². The van der Waals surface area contributed by atoms with E-state index in [9.17, 15) is 0 Å². The van der Waals surface area contributed by atoms with Crippen molar-refractivity contribution in [3.8, 4) is 0 Å². The molecule has 4 rings (SSSR count). The minimum atomic E-state index is -1.02. The number of benzene rings is 4. The van der Waals surface area contributed by atoms with Crippen LogP contribution in [0.2, 0.25) is 0 Å². The minimum absolute atomic E-state index is 0. The Morgan fingerprint density at radius 3 is 0.718 bits per heavy atom. The van der Waals surface area contributed by atoms with Crippen LogP contribution in [0.15, 0.2) is 121 Å². The van der Waals surface area contributed by atoms with Crippen LogP contribution in [0.3, 0.4) is 0 Å². The summed E-state index contributed by atoms with van der Waals surface area (Å²) >= 11 is 13.8. The predicted molar refractivity (Wildman–Crippen MR) is 177 cm³/mol. The molecule has 0 aliphatic rings. The maximum absolute atomic E-state index is 3.45. The van der Waals surface area contributed by atoms with Crippen LogP contribution in [-0.4, -0.2) is 86.0 Å². The van der Waals surface area contributed by atoms with Crippen molar-refractivity contribution in [2.24, 2.45) is 0 Å². The first-order valence-corrected chi connectivity index (χ1v) is 26.2. The first kappa shape index (κ1) is 35.5. The van der Waals surface area contributed by atoms with Gasteiger partial charge in [0.2, 0.25) is 0 Å². The molecule has 0 heterocycles. The molecule has 0 aliphatic carbocycles. The van der Waals surface area contributed by atoms with Crippen molar-refractivity contribution in [1.82, 2.24) is 0 Å². The van der Waals surface area contributed by atoms with Gasteiger partial charge in [-0.2, -0.15) is 0 Å². The van der Waals surface area contributed by atoms with Crippen LogP contribution in [0, 0.1) is 0 Å². The van der Waals surface area contributed by atoms with E-state index in [-0.39, 0.29) is 16.5 Å². The first-order valence-electron chi connectivity index (χ1n) is 13.1. The standard InChI is InChI=1S/2C16H18PSe2.Ni/c2*18-17(19,13-11-15-7-3-1-4-8-15)14-12-16-9-5-2-6-10-16;/h2*1-10H,11-14H2;. The Morgan fingerprint density at radius 2 is 0.538 bits per heavy atom. The van der Waals surface area contributed by atoms with E-state index in [1.165, 1.54) is 72.6 Å². The molecule has 4 aromatic carbocycles. The zero-order valence-electron chi connectivity index (χ0n) is 22.0. The summed E-state index contributed by atoms with van der Waals surface area (Å²) in [6, 6.07) is 43.1. The predicted octanol–water partition coefficient (Wildman–Crippen LogP) is 7.31. The molecule has 0 saturated heterocycles. The average molecular weight is 857 g/mol. The van der Waals surface area contributed by atoms with Crippen LogP contribution in [-0.2, 0) is 42.2 Å². The van der Waals surface area contributed by atoms with Crippen molar-refractivity contribution in [2.75, 3.05) is 24.6 Å². The summed E-state index contributed by atoms with van der Waals surface area (Å²) < 4.78 is -2.05. The average Bonchev–Trinajstić information content (AvgIpc) is 2.96. The second kappa shape index (κ2) is 19.5. The Hall–Kier alpha value is 0.311. The molecule has 0 aromatic heterocycles. The van der Waals surface area contributed by atoms with Crippen LogP contribution in [0.5, 0.6) is 0 Å². The van der Waals surface area contributed by atoms with E-state index in [1.54, 1.807) is 0 Å². The zero-order chi connectivity index (χ0) is 27.1. The van der Waals surface area contributed by atoms with Gasteiger partial charge in [-0.1, -0.05) is 0 Å². The zero-order valence-corrected chi connectivity index (χ0v) is 31.7. The van der Waals surface area contributed by atoms with Gasteiger partial charge in [-0.15, -0.1) is 0 Å². The van der Waals surface area contributed by atoms with Gasteiger partial charge >= 0.3 is 264 Å². The molecule has 0 bridgehead atoms. The van der Waals surface area contributed by atoms with Gasteiger partial charge in [0.05, 0.1) is 0 Å². The summed E-state index contributed by atoms with van der Waals surface area (Å²) in [6.07, 6.45) is 9.70. The quantitative estimate of drug-likeness (QED) is 0.104. The molecule has 39 heavy (non-hydrogen) atoms. The topological polar surface area (TPSA) is 0 Å². The van der Waals surface area contributed by atoms with Crippen molar-refractivity contribution in [1.29, 1.82) is 0 Å². The van der Waals surface area contributed by atoms with Gasteiger partial charge in [-0.3, -0.25) is 0 Å². The fourth-order valence-corrected chi connectivity index (χ4v) is 11.4. The second-order valence-electron chi connectivity index (χ2n) is 9.47. The van der Waals surface area contributed by atoms with Crippen LogP contribution in [0.1, 0.15) is 22.3 Å². The molecule has 0 nitrogen and oxygen atoms in total. The number of aryl methyl sites for hydroxylation is 4. The third-order valence-electron chi connectivity index (χ3n) is 6.34. The van der Waals surface area contributed by atoms with Gasteiger partial charge in [0.1, 0.15) is 0 Å². The molecule has 0 amide bonds. The Labute approximate surface area is 277 Å². The summed E-state index contributed by atoms with van der Waals surface area (Å²) in [4.78, 5) is 0. The maximum atomic E-state index is 3.45. The normalized spacial score (nSPS) is 11.1. The molecule has 0 fully saturated rings. The SMILES string of the molecule is [Ni].[Se]P(=[Se])(CCc1ccccc1)CCc1ccccc1.[Se]P(=[Se])(CCc1ccccc1)CCc1ccccc1. The van der Waals surface area contributed by atoms with E-state index in [2.05, 4.69) is 183 Å². The van der Waals surface area contributed by atoms with Crippen molar-refractivity contribution >= 4 is 69.7 Å². The van der Waals surface area contributed by atoms with Crippen LogP contribution in [0.25, 0.3) is 0 Å². The van der Waals surface area contributed by atoms with Gasteiger partial charge in [-0.25, -0.2) is 0 Å². The summed E-state index contributed by atoms with van der Waals surface area (Å²) in [5.41, 5.74) is 5.77. The van der Waals surface area contributed by atoms with E-state index >= 15 is 0 Å². The van der Waals surface area contributed by atoms with Crippen molar-refractivity contribution < 1.29 is 16.5 Å². The molecule has 2 radical (unpaired) electrons. The third kappa shape index (κ3) is 15.9. The van der Waals surface area contributed by atoms with Crippen LogP contribution >= 0.6 is 8.40 Å². The Kier molecular flexibility index (Phi) is 17.7. The molecule has 208 valence electrons. The fourth-order valence-electron chi connectivity index (χ4n) is 4.00. The Bertz CT molecular complexity index is 1090. The molecule has 0 atom stereocenters. The number of rotatable bonds is 12. The van der Waals surface area contributed by atoms with Gasteiger partial charge in [0, 0.05) is 16.5 Å². The molecule has 7 heteroatoms. The van der Waals surface area contributed by atoms with E-state index < -0.39 is 8.40 Å². The number of hydrogen-bond donors (Lipinski definition) is 0. The van der Waals surface area contributed by atoms with Crippen molar-refractivity contribution in [2.45, 2.75) is 25.7 Å². The molecule has 0 N–H and O–H groups in total. The van der Waals surface area contributed by atoms with E-state index in [1.807, 2.05) is 0 Å². The summed E-state index contributed by atoms with van der Waals surface area (Å²) in [7, 11) is 0. The Balaban J connectivity index is 0.000000267. The van der Waals surface area contributed by atoms with Gasteiger partial charge < -0.3 is 0 Å². The molecular formula is C32H36NiP2Se4. The van der Waals surface area contributed by atoms with Crippen LogP contribution in [0.4, 0.5) is 0 Å². The molecule has 0 spiro atoms. The first-order chi connectivity index (χ1) is 18.3. The summed E-state index contributed by atoms with van der Waals surface area (Å²) in [6.45, 7) is 0. The summed E-state index contributed by atoms with van der Waals surface area (Å²) in [5.74, 6) is 0. The van der Waals surface area contributed by atoms with Crippen molar-refractivity contribution in [3.63, 3.8) is 0 Å². The van der Waals surface area contributed by atoms with Crippen molar-refractivity contribution in [3.05, 3.63) is 144 Å². The number of hydrogen-bond acceptors (Lipinski definition) is 0. The van der Waals surface area contributed by atoms with Gasteiger partial charge in [-0.05, 0) is 0 Å². The van der Waals surface area contributed by atoms with E-state index in [0.717, 1.165) is 0 Å². The van der Waals surface area contributed by atoms with Gasteiger partial charge in [0.15, 0.2) is 0 Å². The molecule has 0 aliphatic heterocycles. The third-order valence-corrected chi connectivity index (χ3v) is 19.1. The molecule has 0 unspecified atom stereocenters. The van der Waals surface area contributed by atoms with Gasteiger partial charge in [0.25, 0.3) is 0 Å². The van der Waals surface area contributed by atoms with E-state index in [4.69, 9.17) is 0 Å². The monoisotopic (exact) mass is 860 g/mol. The Morgan fingerprint density at radius 1 is 0.359 bits per heavy atom. The summed E-state index contributed by atoms with van der Waals surface area (Å²) in [5, 5.41) is 0.